The SMILES string of the molecule is CCCCCCCC(C)(CCCCC)N1CCC(F)C1. The molecule has 1 aliphatic rings. The fourth-order valence-corrected chi connectivity index (χ4v) is 3.51. The first-order valence-corrected chi connectivity index (χ1v) is 9.01. The lowest BCUT2D eigenvalue weighted by molar-refractivity contribution is 0.0993. The number of unbranched alkanes of at least 4 members (excludes halogenated alkanes) is 6. The van der Waals surface area contributed by atoms with Crippen LogP contribution in [0.15, 0.2) is 0 Å². The van der Waals surface area contributed by atoms with Crippen molar-refractivity contribution in [1.29, 1.82) is 0 Å². The van der Waals surface area contributed by atoms with Gasteiger partial charge in [-0.15, -0.1) is 0 Å². The van der Waals surface area contributed by atoms with Crippen molar-refractivity contribution in [2.45, 2.75) is 103 Å². The smallest absolute Gasteiger partial charge is 0.114 e. The Labute approximate surface area is 126 Å². The molecule has 0 spiro atoms. The van der Waals surface area contributed by atoms with Gasteiger partial charge in [-0.05, 0) is 26.2 Å². The first-order valence-electron chi connectivity index (χ1n) is 9.01. The van der Waals surface area contributed by atoms with Gasteiger partial charge in [0, 0.05) is 18.6 Å². The predicted molar refractivity (Wildman–Crippen MR) is 87.0 cm³/mol. The first-order chi connectivity index (χ1) is 9.62. The quantitative estimate of drug-likeness (QED) is 0.438. The third-order valence-electron chi connectivity index (χ3n) is 5.03. The average Bonchev–Trinajstić information content (AvgIpc) is 2.86. The third kappa shape index (κ3) is 6.11. The van der Waals surface area contributed by atoms with Gasteiger partial charge in [0.25, 0.3) is 0 Å². The molecule has 0 amide bonds. The Morgan fingerprint density at radius 3 is 2.05 bits per heavy atom. The van der Waals surface area contributed by atoms with E-state index in [1.807, 2.05) is 0 Å². The topological polar surface area (TPSA) is 3.24 Å². The molecule has 1 heterocycles. The Hall–Kier alpha value is -0.110. The number of hydrogen-bond acceptors (Lipinski definition) is 1. The van der Waals surface area contributed by atoms with Crippen LogP contribution < -0.4 is 0 Å². The Morgan fingerprint density at radius 1 is 0.950 bits per heavy atom. The van der Waals surface area contributed by atoms with Crippen molar-refractivity contribution in [3.8, 4) is 0 Å². The van der Waals surface area contributed by atoms with Crippen LogP contribution >= 0.6 is 0 Å². The number of rotatable bonds is 11. The number of likely N-dealkylation sites (tertiary alicyclic amines) is 1. The molecular weight excluding hydrogens is 249 g/mol. The predicted octanol–water partition coefficient (Wildman–Crippen LogP) is 5.73. The lowest BCUT2D eigenvalue weighted by atomic mass is 9.86. The summed E-state index contributed by atoms with van der Waals surface area (Å²) in [5.74, 6) is 0. The van der Waals surface area contributed by atoms with E-state index in [2.05, 4.69) is 25.7 Å². The van der Waals surface area contributed by atoms with Crippen molar-refractivity contribution in [2.75, 3.05) is 13.1 Å². The van der Waals surface area contributed by atoms with Gasteiger partial charge < -0.3 is 0 Å². The highest BCUT2D eigenvalue weighted by atomic mass is 19.1. The molecule has 1 saturated heterocycles. The van der Waals surface area contributed by atoms with E-state index in [1.54, 1.807) is 0 Å². The zero-order valence-corrected chi connectivity index (χ0v) is 14.1. The monoisotopic (exact) mass is 285 g/mol. The van der Waals surface area contributed by atoms with E-state index in [0.717, 1.165) is 13.0 Å². The van der Waals surface area contributed by atoms with Crippen LogP contribution in [0.5, 0.6) is 0 Å². The molecule has 0 aromatic rings. The lowest BCUT2D eigenvalue weighted by Gasteiger charge is -2.39. The Bertz CT molecular complexity index is 244. The maximum atomic E-state index is 13.5. The number of nitrogens with zero attached hydrogens (tertiary/aromatic N) is 1. The summed E-state index contributed by atoms with van der Waals surface area (Å²) in [5.41, 5.74) is 0.252. The van der Waals surface area contributed by atoms with Gasteiger partial charge >= 0.3 is 0 Å². The molecule has 0 aliphatic carbocycles. The van der Waals surface area contributed by atoms with Gasteiger partial charge in [0.2, 0.25) is 0 Å². The molecule has 1 rings (SSSR count). The molecule has 0 saturated carbocycles. The molecule has 2 unspecified atom stereocenters. The van der Waals surface area contributed by atoms with Crippen LogP contribution in [-0.4, -0.2) is 29.7 Å². The minimum Gasteiger partial charge on any atom is -0.295 e. The largest absolute Gasteiger partial charge is 0.295 e. The molecule has 1 nitrogen and oxygen atoms in total. The summed E-state index contributed by atoms with van der Waals surface area (Å²) < 4.78 is 13.5. The highest BCUT2D eigenvalue weighted by molar-refractivity contribution is 4.91. The Balaban J connectivity index is 2.41. The minimum atomic E-state index is -0.583. The highest BCUT2D eigenvalue weighted by Gasteiger charge is 2.35. The molecule has 2 atom stereocenters. The van der Waals surface area contributed by atoms with E-state index < -0.39 is 6.17 Å². The van der Waals surface area contributed by atoms with Gasteiger partial charge in [0.05, 0.1) is 0 Å². The van der Waals surface area contributed by atoms with Crippen molar-refractivity contribution in [2.24, 2.45) is 0 Å². The van der Waals surface area contributed by atoms with Gasteiger partial charge in [-0.25, -0.2) is 4.39 Å². The summed E-state index contributed by atoms with van der Waals surface area (Å²) in [5, 5.41) is 0. The van der Waals surface area contributed by atoms with Crippen LogP contribution in [0.3, 0.4) is 0 Å². The van der Waals surface area contributed by atoms with Crippen LogP contribution in [0.25, 0.3) is 0 Å². The Kier molecular flexibility index (Phi) is 8.75. The molecule has 0 aromatic carbocycles. The summed E-state index contributed by atoms with van der Waals surface area (Å²) >= 11 is 0. The van der Waals surface area contributed by atoms with Gasteiger partial charge in [-0.3, -0.25) is 4.90 Å². The molecule has 0 radical (unpaired) electrons. The summed E-state index contributed by atoms with van der Waals surface area (Å²) in [6, 6.07) is 0. The number of halogens is 1. The van der Waals surface area contributed by atoms with E-state index in [9.17, 15) is 4.39 Å². The molecule has 2 heteroatoms. The molecule has 1 fully saturated rings. The van der Waals surface area contributed by atoms with Gasteiger partial charge in [0.15, 0.2) is 0 Å². The van der Waals surface area contributed by atoms with E-state index in [0.29, 0.717) is 6.54 Å². The van der Waals surface area contributed by atoms with Gasteiger partial charge in [0.1, 0.15) is 6.17 Å². The van der Waals surface area contributed by atoms with E-state index >= 15 is 0 Å². The maximum Gasteiger partial charge on any atom is 0.114 e. The number of alkyl halides is 1. The van der Waals surface area contributed by atoms with Crippen molar-refractivity contribution in [1.82, 2.24) is 4.90 Å². The summed E-state index contributed by atoms with van der Waals surface area (Å²) in [6.07, 6.45) is 13.3. The standard InChI is InChI=1S/C18H36FN/c1-4-6-8-9-11-14-18(3,13-10-7-5-2)20-15-12-17(19)16-20/h17H,4-16H2,1-3H3. The van der Waals surface area contributed by atoms with Crippen LogP contribution in [0.4, 0.5) is 4.39 Å². The van der Waals surface area contributed by atoms with E-state index in [1.165, 1.54) is 64.2 Å². The van der Waals surface area contributed by atoms with Crippen molar-refractivity contribution in [3.05, 3.63) is 0 Å². The highest BCUT2D eigenvalue weighted by Crippen LogP contribution is 2.32. The number of hydrogen-bond donors (Lipinski definition) is 0. The second-order valence-corrected chi connectivity index (χ2v) is 6.95. The summed E-state index contributed by atoms with van der Waals surface area (Å²) in [4.78, 5) is 2.45. The summed E-state index contributed by atoms with van der Waals surface area (Å²) in [6.45, 7) is 8.56. The molecule has 0 bridgehead atoms. The zero-order chi connectivity index (χ0) is 14.8. The molecular formula is C18H36FN. The van der Waals surface area contributed by atoms with E-state index in [-0.39, 0.29) is 5.54 Å². The van der Waals surface area contributed by atoms with Gasteiger partial charge in [-0.1, -0.05) is 65.2 Å². The molecule has 20 heavy (non-hydrogen) atoms. The van der Waals surface area contributed by atoms with Crippen LogP contribution in [0, 0.1) is 0 Å². The second-order valence-electron chi connectivity index (χ2n) is 6.95. The third-order valence-corrected chi connectivity index (χ3v) is 5.03. The van der Waals surface area contributed by atoms with Crippen LogP contribution in [0.1, 0.15) is 91.4 Å². The first kappa shape index (κ1) is 17.9. The fourth-order valence-electron chi connectivity index (χ4n) is 3.51. The van der Waals surface area contributed by atoms with Gasteiger partial charge in [-0.2, -0.15) is 0 Å². The molecule has 0 N–H and O–H groups in total. The van der Waals surface area contributed by atoms with Crippen molar-refractivity contribution in [3.63, 3.8) is 0 Å². The Morgan fingerprint density at radius 2 is 1.50 bits per heavy atom. The average molecular weight is 285 g/mol. The molecule has 1 aliphatic heterocycles. The lowest BCUT2D eigenvalue weighted by Crippen LogP contribution is -2.45. The fraction of sp³-hybridized carbons (Fsp3) is 1.00. The minimum absolute atomic E-state index is 0.252. The van der Waals surface area contributed by atoms with Crippen molar-refractivity contribution < 1.29 is 4.39 Å². The zero-order valence-electron chi connectivity index (χ0n) is 14.1. The maximum absolute atomic E-state index is 13.5. The summed E-state index contributed by atoms with van der Waals surface area (Å²) in [7, 11) is 0. The molecule has 120 valence electrons. The van der Waals surface area contributed by atoms with Crippen LogP contribution in [0.2, 0.25) is 0 Å². The molecule has 0 aromatic heterocycles. The van der Waals surface area contributed by atoms with Crippen molar-refractivity contribution >= 4 is 0 Å². The van der Waals surface area contributed by atoms with E-state index in [4.69, 9.17) is 0 Å². The normalized spacial score (nSPS) is 23.1. The van der Waals surface area contributed by atoms with Crippen LogP contribution in [-0.2, 0) is 0 Å². The second kappa shape index (κ2) is 9.76.